The summed E-state index contributed by atoms with van der Waals surface area (Å²) in [4.78, 5) is 17.4. The van der Waals surface area contributed by atoms with Crippen molar-refractivity contribution in [3.05, 3.63) is 34.4 Å². The minimum atomic E-state index is 0.0983. The molecule has 2 amide bonds. The summed E-state index contributed by atoms with van der Waals surface area (Å²) in [6, 6.07) is 5.38. The van der Waals surface area contributed by atoms with E-state index < -0.39 is 0 Å². The molecule has 29 heavy (non-hydrogen) atoms. The maximum Gasteiger partial charge on any atom is 0.320 e. The van der Waals surface area contributed by atoms with Crippen LogP contribution in [0, 0.1) is 0 Å². The van der Waals surface area contributed by atoms with Gasteiger partial charge in [0.1, 0.15) is 0 Å². The average Bonchev–Trinajstić information content (AvgIpc) is 3.35. The van der Waals surface area contributed by atoms with Gasteiger partial charge in [-0.05, 0) is 40.5 Å². The van der Waals surface area contributed by atoms with Gasteiger partial charge in [-0.25, -0.2) is 4.79 Å². The van der Waals surface area contributed by atoms with Crippen LogP contribution in [0.2, 0.25) is 0 Å². The molecule has 1 N–H and O–H groups in total. The summed E-state index contributed by atoms with van der Waals surface area (Å²) in [5.41, 5.74) is 5.50. The molecule has 5 rings (SSSR count). The Hall–Kier alpha value is -1.63. The van der Waals surface area contributed by atoms with E-state index in [9.17, 15) is 4.79 Å². The molecule has 0 radical (unpaired) electrons. The number of hydrogen-bond donors (Lipinski definition) is 1. The first kappa shape index (κ1) is 19.3. The zero-order chi connectivity index (χ0) is 20.2. The van der Waals surface area contributed by atoms with E-state index in [-0.39, 0.29) is 29.6 Å². The SMILES string of the molecule is CC(C)(C)c1cc2c(c([C@@H]3COCCN3)c1)CN(C(=O)N1C[C@H]3C[C@@H]1CO3)CC2. The second-order valence-electron chi connectivity index (χ2n) is 9.99. The Morgan fingerprint density at radius 3 is 2.76 bits per heavy atom. The quantitative estimate of drug-likeness (QED) is 0.789. The molecular weight excluding hydrogens is 366 g/mol. The fourth-order valence-electron chi connectivity index (χ4n) is 5.19. The summed E-state index contributed by atoms with van der Waals surface area (Å²) in [7, 11) is 0. The molecule has 158 valence electrons. The van der Waals surface area contributed by atoms with Gasteiger partial charge in [-0.2, -0.15) is 0 Å². The van der Waals surface area contributed by atoms with Crippen LogP contribution in [0.15, 0.2) is 12.1 Å². The average molecular weight is 400 g/mol. The van der Waals surface area contributed by atoms with E-state index in [0.29, 0.717) is 19.8 Å². The highest BCUT2D eigenvalue weighted by Crippen LogP contribution is 2.35. The lowest BCUT2D eigenvalue weighted by Gasteiger charge is -2.38. The molecule has 6 nitrogen and oxygen atoms in total. The number of likely N-dealkylation sites (tertiary alicyclic amines) is 1. The monoisotopic (exact) mass is 399 g/mol. The molecule has 0 spiro atoms. The standard InChI is InChI=1S/C23H33N3O3/c1-23(2,3)16-8-15-4-6-25(22(27)26-11-18-10-17(26)13-29-18)12-20(15)19(9-16)21-14-28-7-5-24-21/h8-9,17-18,21,24H,4-7,10-14H2,1-3H3/t17-,18-,21+/m1/s1. The zero-order valence-electron chi connectivity index (χ0n) is 17.9. The third-order valence-corrected chi connectivity index (χ3v) is 6.96. The van der Waals surface area contributed by atoms with Crippen molar-refractivity contribution in [2.75, 3.05) is 39.5 Å². The number of rotatable bonds is 1. The van der Waals surface area contributed by atoms with E-state index in [4.69, 9.17) is 9.47 Å². The molecule has 0 aromatic heterocycles. The lowest BCUT2D eigenvalue weighted by atomic mass is 9.80. The first-order chi connectivity index (χ1) is 13.9. The van der Waals surface area contributed by atoms with Crippen LogP contribution in [-0.2, 0) is 27.9 Å². The second kappa shape index (κ2) is 7.25. The summed E-state index contributed by atoms with van der Waals surface area (Å²) < 4.78 is 11.5. The van der Waals surface area contributed by atoms with Gasteiger partial charge >= 0.3 is 6.03 Å². The first-order valence-corrected chi connectivity index (χ1v) is 11.0. The van der Waals surface area contributed by atoms with Gasteiger partial charge in [0.05, 0.1) is 38.0 Å². The van der Waals surface area contributed by atoms with Gasteiger partial charge < -0.3 is 24.6 Å². The van der Waals surface area contributed by atoms with Crippen molar-refractivity contribution >= 4 is 6.03 Å². The molecule has 1 aromatic carbocycles. The molecule has 2 bridgehead atoms. The van der Waals surface area contributed by atoms with Crippen molar-refractivity contribution in [3.63, 3.8) is 0 Å². The lowest BCUT2D eigenvalue weighted by Crippen LogP contribution is -2.50. The van der Waals surface area contributed by atoms with Crippen LogP contribution >= 0.6 is 0 Å². The molecule has 4 aliphatic rings. The molecule has 4 heterocycles. The highest BCUT2D eigenvalue weighted by molar-refractivity contribution is 5.76. The molecular formula is C23H33N3O3. The Morgan fingerprint density at radius 1 is 1.24 bits per heavy atom. The Bertz CT molecular complexity index is 797. The summed E-state index contributed by atoms with van der Waals surface area (Å²) in [5, 5.41) is 3.63. The number of amides is 2. The number of nitrogens with zero attached hydrogens (tertiary/aromatic N) is 2. The van der Waals surface area contributed by atoms with Gasteiger partial charge in [-0.3, -0.25) is 0 Å². The van der Waals surface area contributed by atoms with Crippen LogP contribution in [0.1, 0.15) is 55.5 Å². The second-order valence-corrected chi connectivity index (χ2v) is 9.99. The van der Waals surface area contributed by atoms with Crippen LogP contribution in [0.25, 0.3) is 0 Å². The van der Waals surface area contributed by atoms with Crippen molar-refractivity contribution in [3.8, 4) is 0 Å². The molecule has 0 aliphatic carbocycles. The van der Waals surface area contributed by atoms with Crippen LogP contribution in [0.3, 0.4) is 0 Å². The normalized spacial score (nSPS) is 29.3. The smallest absolute Gasteiger partial charge is 0.320 e. The number of carbonyl (C=O) groups excluding carboxylic acids is 1. The van der Waals surface area contributed by atoms with Gasteiger partial charge in [0, 0.05) is 26.2 Å². The summed E-state index contributed by atoms with van der Waals surface area (Å²) in [5.74, 6) is 0. The van der Waals surface area contributed by atoms with Crippen molar-refractivity contribution in [1.82, 2.24) is 15.1 Å². The topological polar surface area (TPSA) is 54.0 Å². The van der Waals surface area contributed by atoms with Crippen LogP contribution in [0.4, 0.5) is 4.79 Å². The fourth-order valence-corrected chi connectivity index (χ4v) is 5.19. The molecule has 0 saturated carbocycles. The maximum absolute atomic E-state index is 13.3. The predicted molar refractivity (Wildman–Crippen MR) is 111 cm³/mol. The highest BCUT2D eigenvalue weighted by Gasteiger charge is 2.43. The Kier molecular flexibility index (Phi) is 4.84. The van der Waals surface area contributed by atoms with Crippen molar-refractivity contribution < 1.29 is 14.3 Å². The number of ether oxygens (including phenoxy) is 2. The van der Waals surface area contributed by atoms with E-state index in [1.54, 1.807) is 0 Å². The predicted octanol–water partition coefficient (Wildman–Crippen LogP) is 2.60. The number of urea groups is 1. The van der Waals surface area contributed by atoms with E-state index in [2.05, 4.69) is 38.2 Å². The van der Waals surface area contributed by atoms with Crippen LogP contribution in [-0.4, -0.2) is 67.4 Å². The van der Waals surface area contributed by atoms with Gasteiger partial charge in [0.15, 0.2) is 0 Å². The molecule has 3 fully saturated rings. The van der Waals surface area contributed by atoms with Gasteiger partial charge in [-0.1, -0.05) is 32.9 Å². The summed E-state index contributed by atoms with van der Waals surface area (Å²) in [6.45, 7) is 12.1. The highest BCUT2D eigenvalue weighted by atomic mass is 16.5. The summed E-state index contributed by atoms with van der Waals surface area (Å²) >= 11 is 0. The summed E-state index contributed by atoms with van der Waals surface area (Å²) in [6.07, 6.45) is 2.17. The van der Waals surface area contributed by atoms with Crippen LogP contribution < -0.4 is 5.32 Å². The van der Waals surface area contributed by atoms with Gasteiger partial charge in [0.25, 0.3) is 0 Å². The largest absolute Gasteiger partial charge is 0.378 e. The number of fused-ring (bicyclic) bond motifs is 3. The third kappa shape index (κ3) is 3.56. The van der Waals surface area contributed by atoms with E-state index >= 15 is 0 Å². The molecule has 4 aliphatic heterocycles. The zero-order valence-corrected chi connectivity index (χ0v) is 17.9. The van der Waals surface area contributed by atoms with E-state index in [0.717, 1.165) is 39.1 Å². The van der Waals surface area contributed by atoms with Gasteiger partial charge in [-0.15, -0.1) is 0 Å². The maximum atomic E-state index is 13.3. The van der Waals surface area contributed by atoms with E-state index in [1.165, 1.54) is 22.3 Å². The van der Waals surface area contributed by atoms with Crippen molar-refractivity contribution in [2.45, 2.75) is 63.8 Å². The molecule has 1 aromatic rings. The Balaban J connectivity index is 1.44. The minimum Gasteiger partial charge on any atom is -0.378 e. The van der Waals surface area contributed by atoms with Gasteiger partial charge in [0.2, 0.25) is 0 Å². The van der Waals surface area contributed by atoms with Crippen molar-refractivity contribution in [1.29, 1.82) is 0 Å². The number of carbonyl (C=O) groups is 1. The molecule has 3 atom stereocenters. The fraction of sp³-hybridized carbons (Fsp3) is 0.696. The minimum absolute atomic E-state index is 0.0983. The third-order valence-electron chi connectivity index (χ3n) is 6.96. The number of hydrogen-bond acceptors (Lipinski definition) is 4. The van der Waals surface area contributed by atoms with Crippen molar-refractivity contribution in [2.24, 2.45) is 0 Å². The lowest BCUT2D eigenvalue weighted by molar-refractivity contribution is 0.0352. The number of benzene rings is 1. The Labute approximate surface area is 173 Å². The van der Waals surface area contributed by atoms with E-state index in [1.807, 2.05) is 9.80 Å². The first-order valence-electron chi connectivity index (χ1n) is 11.0. The molecule has 3 saturated heterocycles. The Morgan fingerprint density at radius 2 is 2.10 bits per heavy atom. The molecule has 6 heteroatoms. The number of morpholine rings is 2. The molecule has 0 unspecified atom stereocenters. The van der Waals surface area contributed by atoms with Crippen LogP contribution in [0.5, 0.6) is 0 Å². The number of nitrogens with one attached hydrogen (secondary N) is 1.